The number of aromatic nitrogens is 1. The van der Waals surface area contributed by atoms with Crippen LogP contribution in [-0.2, 0) is 9.59 Å². The Bertz CT molecular complexity index is 1240. The van der Waals surface area contributed by atoms with Crippen molar-refractivity contribution in [2.75, 3.05) is 37.4 Å². The molecule has 174 valence electrons. The number of benzene rings is 2. The van der Waals surface area contributed by atoms with Crippen molar-refractivity contribution in [1.82, 2.24) is 9.88 Å². The molecule has 1 N–H and O–H groups in total. The number of carbonyl (C=O) groups is 2. The summed E-state index contributed by atoms with van der Waals surface area (Å²) in [6.07, 6.45) is 3.20. The molecule has 1 aliphatic heterocycles. The first kappa shape index (κ1) is 23.3. The van der Waals surface area contributed by atoms with Crippen LogP contribution in [0.15, 0.2) is 72.0 Å². The normalized spacial score (nSPS) is 15.3. The Balaban J connectivity index is 1.86. The van der Waals surface area contributed by atoms with Gasteiger partial charge in [-0.3, -0.25) is 14.6 Å². The van der Waals surface area contributed by atoms with Gasteiger partial charge < -0.3 is 15.1 Å². The van der Waals surface area contributed by atoms with Crippen molar-refractivity contribution in [3.05, 3.63) is 83.9 Å². The number of carbonyl (C=O) groups excluding carboxylic acids is 2. The standard InChI is InChI=1S/C26H26FN5O2/c1-17(33)32(14-13-31(2)3)23-11-12-28-16-22(23)29-25(18-7-5-4-6-8-18)24-20-10-9-19(27)15-21(20)30-26(24)34/h4-12,15-16,24H,13-14H2,1-3H3,(H,30,34). The van der Waals surface area contributed by atoms with Crippen LogP contribution in [0.1, 0.15) is 24.0 Å². The molecule has 1 unspecified atom stereocenters. The second kappa shape index (κ2) is 9.93. The Hall–Kier alpha value is -3.91. The van der Waals surface area contributed by atoms with Gasteiger partial charge >= 0.3 is 0 Å². The molecular weight excluding hydrogens is 433 g/mol. The maximum absolute atomic E-state index is 13.8. The summed E-state index contributed by atoms with van der Waals surface area (Å²) in [6.45, 7) is 2.65. The van der Waals surface area contributed by atoms with Crippen LogP contribution >= 0.6 is 0 Å². The van der Waals surface area contributed by atoms with Gasteiger partial charge in [0.25, 0.3) is 0 Å². The van der Waals surface area contributed by atoms with Gasteiger partial charge in [-0.2, -0.15) is 0 Å². The predicted molar refractivity (Wildman–Crippen MR) is 131 cm³/mol. The number of hydrogen-bond acceptors (Lipinski definition) is 5. The van der Waals surface area contributed by atoms with Gasteiger partial charge in [0.2, 0.25) is 11.8 Å². The van der Waals surface area contributed by atoms with E-state index >= 15 is 0 Å². The first-order chi connectivity index (χ1) is 16.3. The molecule has 0 fully saturated rings. The van der Waals surface area contributed by atoms with E-state index in [1.807, 2.05) is 49.3 Å². The van der Waals surface area contributed by atoms with E-state index in [4.69, 9.17) is 4.99 Å². The maximum Gasteiger partial charge on any atom is 0.238 e. The number of likely N-dealkylation sites (N-methyl/N-ethyl adjacent to an activating group) is 1. The molecule has 3 aromatic rings. The Morgan fingerprint density at radius 2 is 1.88 bits per heavy atom. The van der Waals surface area contributed by atoms with Gasteiger partial charge in [0.05, 0.1) is 17.6 Å². The third-order valence-corrected chi connectivity index (χ3v) is 5.65. The molecule has 0 spiro atoms. The third kappa shape index (κ3) is 4.87. The fourth-order valence-corrected chi connectivity index (χ4v) is 3.98. The molecule has 7 nitrogen and oxygen atoms in total. The lowest BCUT2D eigenvalue weighted by molar-refractivity contribution is -0.117. The number of nitrogens with one attached hydrogen (secondary N) is 1. The Labute approximate surface area is 197 Å². The highest BCUT2D eigenvalue weighted by Crippen LogP contribution is 2.38. The van der Waals surface area contributed by atoms with Crippen LogP contribution in [0.5, 0.6) is 0 Å². The Kier molecular flexibility index (Phi) is 6.79. The van der Waals surface area contributed by atoms with Crippen molar-refractivity contribution in [3.63, 3.8) is 0 Å². The lowest BCUT2D eigenvalue weighted by atomic mass is 9.90. The Morgan fingerprint density at radius 1 is 1.12 bits per heavy atom. The quantitative estimate of drug-likeness (QED) is 0.542. The molecule has 8 heteroatoms. The van der Waals surface area contributed by atoms with Crippen molar-refractivity contribution in [1.29, 1.82) is 0 Å². The SMILES string of the molecule is CC(=O)N(CCN(C)C)c1ccncc1N=C(c1ccccc1)C1C(=O)Nc2cc(F)ccc21. The number of pyridine rings is 1. The molecule has 1 aliphatic rings. The van der Waals surface area contributed by atoms with Crippen LogP contribution in [0, 0.1) is 5.82 Å². The zero-order valence-electron chi connectivity index (χ0n) is 19.3. The minimum absolute atomic E-state index is 0.120. The molecule has 0 aliphatic carbocycles. The average molecular weight is 460 g/mol. The predicted octanol–water partition coefficient (Wildman–Crippen LogP) is 3.99. The van der Waals surface area contributed by atoms with Crippen molar-refractivity contribution in [3.8, 4) is 0 Å². The maximum atomic E-state index is 13.8. The van der Waals surface area contributed by atoms with Crippen molar-refractivity contribution in [2.45, 2.75) is 12.8 Å². The van der Waals surface area contributed by atoms with Gasteiger partial charge in [0.1, 0.15) is 17.4 Å². The summed E-state index contributed by atoms with van der Waals surface area (Å²) in [4.78, 5) is 38.3. The summed E-state index contributed by atoms with van der Waals surface area (Å²) in [5, 5.41) is 2.77. The molecule has 0 saturated heterocycles. The molecule has 0 bridgehead atoms. The number of nitrogens with zero attached hydrogens (tertiary/aromatic N) is 4. The molecule has 1 atom stereocenters. The van der Waals surface area contributed by atoms with Crippen LogP contribution in [0.25, 0.3) is 0 Å². The minimum atomic E-state index is -0.737. The van der Waals surface area contributed by atoms with Gasteiger partial charge in [0, 0.05) is 31.9 Å². The van der Waals surface area contributed by atoms with Crippen LogP contribution in [0.3, 0.4) is 0 Å². The van der Waals surface area contributed by atoms with Crippen LogP contribution < -0.4 is 10.2 Å². The molecule has 34 heavy (non-hydrogen) atoms. The first-order valence-corrected chi connectivity index (χ1v) is 11.0. The van der Waals surface area contributed by atoms with E-state index < -0.39 is 11.7 Å². The van der Waals surface area contributed by atoms with E-state index in [1.54, 1.807) is 29.4 Å². The first-order valence-electron chi connectivity index (χ1n) is 11.0. The van der Waals surface area contributed by atoms with E-state index in [9.17, 15) is 14.0 Å². The topological polar surface area (TPSA) is 77.9 Å². The lowest BCUT2D eigenvalue weighted by Gasteiger charge is -2.24. The highest BCUT2D eigenvalue weighted by atomic mass is 19.1. The second-order valence-electron chi connectivity index (χ2n) is 8.36. The Morgan fingerprint density at radius 3 is 2.59 bits per heavy atom. The fourth-order valence-electron chi connectivity index (χ4n) is 3.98. The van der Waals surface area contributed by atoms with Gasteiger partial charge in [-0.05, 0) is 43.4 Å². The minimum Gasteiger partial charge on any atom is -0.325 e. The molecular formula is C26H26FN5O2. The van der Waals surface area contributed by atoms with Crippen molar-refractivity contribution >= 4 is 34.6 Å². The number of fused-ring (bicyclic) bond motifs is 1. The summed E-state index contributed by atoms with van der Waals surface area (Å²) in [5.74, 6) is -1.57. The van der Waals surface area contributed by atoms with Crippen LogP contribution in [0.4, 0.5) is 21.5 Å². The number of anilines is 2. The smallest absolute Gasteiger partial charge is 0.238 e. The van der Waals surface area contributed by atoms with E-state index in [1.165, 1.54) is 19.1 Å². The average Bonchev–Trinajstić information content (AvgIpc) is 3.13. The second-order valence-corrected chi connectivity index (χ2v) is 8.36. The number of rotatable bonds is 7. The van der Waals surface area contributed by atoms with Gasteiger partial charge in [-0.1, -0.05) is 36.4 Å². The summed E-state index contributed by atoms with van der Waals surface area (Å²) < 4.78 is 13.8. The van der Waals surface area contributed by atoms with E-state index in [0.717, 1.165) is 5.56 Å². The van der Waals surface area contributed by atoms with E-state index in [2.05, 4.69) is 10.3 Å². The molecule has 2 amide bonds. The zero-order valence-corrected chi connectivity index (χ0v) is 19.3. The zero-order chi connectivity index (χ0) is 24.2. The molecule has 2 heterocycles. The summed E-state index contributed by atoms with van der Waals surface area (Å²) in [7, 11) is 3.88. The lowest BCUT2D eigenvalue weighted by Crippen LogP contribution is -2.35. The molecule has 4 rings (SSSR count). The third-order valence-electron chi connectivity index (χ3n) is 5.65. The monoisotopic (exact) mass is 459 g/mol. The van der Waals surface area contributed by atoms with Crippen LogP contribution in [-0.4, -0.2) is 54.6 Å². The molecule has 0 saturated carbocycles. The van der Waals surface area contributed by atoms with Crippen molar-refractivity contribution in [2.24, 2.45) is 4.99 Å². The van der Waals surface area contributed by atoms with Gasteiger partial charge in [-0.25, -0.2) is 9.38 Å². The summed E-state index contributed by atoms with van der Waals surface area (Å²) >= 11 is 0. The van der Waals surface area contributed by atoms with Crippen molar-refractivity contribution < 1.29 is 14.0 Å². The van der Waals surface area contributed by atoms with E-state index in [-0.39, 0.29) is 11.8 Å². The van der Waals surface area contributed by atoms with Gasteiger partial charge in [-0.15, -0.1) is 0 Å². The molecule has 1 aromatic heterocycles. The fraction of sp³-hybridized carbons (Fsp3) is 0.231. The van der Waals surface area contributed by atoms with E-state index in [0.29, 0.717) is 41.4 Å². The largest absolute Gasteiger partial charge is 0.325 e. The highest BCUT2D eigenvalue weighted by molar-refractivity contribution is 6.24. The highest BCUT2D eigenvalue weighted by Gasteiger charge is 2.36. The van der Waals surface area contributed by atoms with Gasteiger partial charge in [0.15, 0.2) is 0 Å². The number of halogens is 1. The number of amides is 2. The molecule has 2 aromatic carbocycles. The van der Waals surface area contributed by atoms with Crippen LogP contribution in [0.2, 0.25) is 0 Å². The number of aliphatic imine (C=N–C) groups is 1. The summed E-state index contributed by atoms with van der Waals surface area (Å²) in [6, 6.07) is 15.4. The molecule has 0 radical (unpaired) electrons. The number of hydrogen-bond donors (Lipinski definition) is 1. The summed E-state index contributed by atoms with van der Waals surface area (Å²) in [5.41, 5.74) is 3.40.